The maximum absolute atomic E-state index is 13.0. The van der Waals surface area contributed by atoms with E-state index in [4.69, 9.17) is 5.11 Å². The molecule has 9 heteroatoms. The number of rotatable bonds is 1. The lowest BCUT2D eigenvalue weighted by molar-refractivity contribution is -0.386. The first-order valence-electron chi connectivity index (χ1n) is 3.58. The Morgan fingerprint density at radius 2 is 1.94 bits per heavy atom. The maximum atomic E-state index is 13.0. The molecule has 0 fully saturated rings. The lowest BCUT2D eigenvalue weighted by Crippen LogP contribution is -2.10. The highest BCUT2D eigenvalue weighted by molar-refractivity contribution is 9.10. The summed E-state index contributed by atoms with van der Waals surface area (Å²) in [6.07, 6.45) is -5.06. The van der Waals surface area contributed by atoms with Crippen LogP contribution < -0.4 is 0 Å². The van der Waals surface area contributed by atoms with Crippen LogP contribution in [0.4, 0.5) is 23.2 Å². The average molecular weight is 304 g/mol. The zero-order valence-electron chi connectivity index (χ0n) is 7.18. The molecule has 0 heterocycles. The van der Waals surface area contributed by atoms with Gasteiger partial charge in [0.2, 0.25) is 5.75 Å². The summed E-state index contributed by atoms with van der Waals surface area (Å²) in [6, 6.07) is 0.0168. The highest BCUT2D eigenvalue weighted by atomic mass is 79.9. The van der Waals surface area contributed by atoms with Crippen molar-refractivity contribution in [1.82, 2.24) is 0 Å². The molecule has 0 bridgehead atoms. The van der Waals surface area contributed by atoms with E-state index in [0.717, 1.165) is 0 Å². The van der Waals surface area contributed by atoms with E-state index >= 15 is 0 Å². The van der Waals surface area contributed by atoms with Crippen molar-refractivity contribution < 1.29 is 27.6 Å². The van der Waals surface area contributed by atoms with E-state index in [1.54, 1.807) is 0 Å². The first kappa shape index (κ1) is 12.7. The summed E-state index contributed by atoms with van der Waals surface area (Å²) in [5.74, 6) is -3.09. The molecule has 0 aromatic heterocycles. The Bertz CT molecular complexity index is 460. The van der Waals surface area contributed by atoms with E-state index in [9.17, 15) is 27.7 Å². The Morgan fingerprint density at radius 3 is 2.31 bits per heavy atom. The van der Waals surface area contributed by atoms with Gasteiger partial charge in [-0.25, -0.2) is 4.39 Å². The quantitative estimate of drug-likeness (QED) is 0.492. The van der Waals surface area contributed by atoms with Crippen molar-refractivity contribution in [3.63, 3.8) is 0 Å². The third-order valence-corrected chi connectivity index (χ3v) is 2.42. The summed E-state index contributed by atoms with van der Waals surface area (Å²) < 4.78 is 48.7. The van der Waals surface area contributed by atoms with Gasteiger partial charge in [-0.15, -0.1) is 0 Å². The standard InChI is InChI=1S/C7H2BrF4NO3/c8-5-4(7(10,11)12)2(9)1-3(6(5)14)13(15)16/h1,14H. The minimum Gasteiger partial charge on any atom is -0.501 e. The Labute approximate surface area is 93.8 Å². The van der Waals surface area contributed by atoms with E-state index in [1.165, 1.54) is 0 Å². The molecule has 16 heavy (non-hydrogen) atoms. The number of nitro benzene ring substituents is 1. The van der Waals surface area contributed by atoms with E-state index in [0.29, 0.717) is 0 Å². The van der Waals surface area contributed by atoms with Gasteiger partial charge in [0.25, 0.3) is 0 Å². The normalized spacial score (nSPS) is 11.6. The lowest BCUT2D eigenvalue weighted by atomic mass is 10.1. The van der Waals surface area contributed by atoms with Gasteiger partial charge in [-0.05, 0) is 15.9 Å². The number of phenols is 1. The third kappa shape index (κ3) is 2.08. The van der Waals surface area contributed by atoms with Gasteiger partial charge < -0.3 is 5.11 Å². The zero-order chi connectivity index (χ0) is 12.7. The molecule has 0 aliphatic carbocycles. The summed E-state index contributed by atoms with van der Waals surface area (Å²) in [5, 5.41) is 19.3. The van der Waals surface area contributed by atoms with E-state index in [-0.39, 0.29) is 6.07 Å². The van der Waals surface area contributed by atoms with Crippen molar-refractivity contribution in [2.75, 3.05) is 0 Å². The third-order valence-electron chi connectivity index (χ3n) is 1.65. The second kappa shape index (κ2) is 3.89. The highest BCUT2D eigenvalue weighted by Gasteiger charge is 2.40. The summed E-state index contributed by atoms with van der Waals surface area (Å²) in [7, 11) is 0. The van der Waals surface area contributed by atoms with Crippen LogP contribution in [0.5, 0.6) is 5.75 Å². The smallest absolute Gasteiger partial charge is 0.420 e. The van der Waals surface area contributed by atoms with Crippen molar-refractivity contribution in [3.8, 4) is 5.75 Å². The Balaban J connectivity index is 3.59. The van der Waals surface area contributed by atoms with Gasteiger partial charge in [-0.3, -0.25) is 10.1 Å². The molecule has 0 radical (unpaired) electrons. The fourth-order valence-corrected chi connectivity index (χ4v) is 1.61. The first-order valence-corrected chi connectivity index (χ1v) is 4.38. The van der Waals surface area contributed by atoms with Crippen molar-refractivity contribution in [2.45, 2.75) is 6.18 Å². The fourth-order valence-electron chi connectivity index (χ4n) is 0.995. The number of nitrogens with zero attached hydrogens (tertiary/aromatic N) is 1. The minimum absolute atomic E-state index is 0.0168. The summed E-state index contributed by atoms with van der Waals surface area (Å²) in [4.78, 5) is 9.07. The summed E-state index contributed by atoms with van der Waals surface area (Å²) in [5.41, 5.74) is -2.92. The Hall–Kier alpha value is -1.38. The molecule has 0 spiro atoms. The SMILES string of the molecule is O=[N+]([O-])c1cc(F)c(C(F)(F)F)c(Br)c1O. The van der Waals surface area contributed by atoms with E-state index < -0.39 is 38.4 Å². The summed E-state index contributed by atoms with van der Waals surface area (Å²) >= 11 is 2.27. The molecule has 0 unspecified atom stereocenters. The second-order valence-corrected chi connectivity index (χ2v) is 3.46. The van der Waals surface area contributed by atoms with Gasteiger partial charge in [-0.2, -0.15) is 13.2 Å². The molecule has 4 nitrogen and oxygen atoms in total. The van der Waals surface area contributed by atoms with Crippen molar-refractivity contribution in [3.05, 3.63) is 32.0 Å². The molecule has 0 saturated heterocycles. The van der Waals surface area contributed by atoms with Crippen LogP contribution in [0.15, 0.2) is 10.5 Å². The van der Waals surface area contributed by atoms with Crippen LogP contribution in [0.1, 0.15) is 5.56 Å². The van der Waals surface area contributed by atoms with Crippen LogP contribution in [-0.2, 0) is 6.18 Å². The molecule has 0 aliphatic heterocycles. The van der Waals surface area contributed by atoms with Crippen LogP contribution >= 0.6 is 15.9 Å². The largest absolute Gasteiger partial charge is 0.501 e. The van der Waals surface area contributed by atoms with Gasteiger partial charge >= 0.3 is 11.9 Å². The molecule has 1 rings (SSSR count). The number of aromatic hydroxyl groups is 1. The number of nitro groups is 1. The second-order valence-electron chi connectivity index (χ2n) is 2.67. The van der Waals surface area contributed by atoms with Gasteiger partial charge in [0, 0.05) is 0 Å². The predicted octanol–water partition coefficient (Wildman–Crippen LogP) is 3.22. The maximum Gasteiger partial charge on any atom is 0.420 e. The van der Waals surface area contributed by atoms with Crippen LogP contribution in [0, 0.1) is 15.9 Å². The summed E-state index contributed by atoms with van der Waals surface area (Å²) in [6.45, 7) is 0. The van der Waals surface area contributed by atoms with Gasteiger partial charge in [-0.1, -0.05) is 0 Å². The Morgan fingerprint density at radius 1 is 1.44 bits per heavy atom. The number of hydrogen-bond donors (Lipinski definition) is 1. The number of phenolic OH excluding ortho intramolecular Hbond substituents is 1. The molecular weight excluding hydrogens is 302 g/mol. The molecule has 1 aromatic rings. The topological polar surface area (TPSA) is 63.4 Å². The molecule has 0 amide bonds. The number of benzene rings is 1. The highest BCUT2D eigenvalue weighted by Crippen LogP contribution is 2.44. The molecule has 1 aromatic carbocycles. The monoisotopic (exact) mass is 303 g/mol. The van der Waals surface area contributed by atoms with Gasteiger partial charge in [0.05, 0.1) is 15.5 Å². The van der Waals surface area contributed by atoms with Crippen LogP contribution in [0.25, 0.3) is 0 Å². The van der Waals surface area contributed by atoms with E-state index in [2.05, 4.69) is 15.9 Å². The molecule has 0 atom stereocenters. The van der Waals surface area contributed by atoms with Gasteiger partial charge in [0.1, 0.15) is 11.4 Å². The molecule has 0 aliphatic rings. The average Bonchev–Trinajstić information content (AvgIpc) is 2.08. The van der Waals surface area contributed by atoms with Gasteiger partial charge in [0.15, 0.2) is 0 Å². The predicted molar refractivity (Wildman–Crippen MR) is 47.4 cm³/mol. The zero-order valence-corrected chi connectivity index (χ0v) is 8.76. The minimum atomic E-state index is -5.06. The number of alkyl halides is 3. The van der Waals surface area contributed by atoms with Crippen molar-refractivity contribution in [2.24, 2.45) is 0 Å². The van der Waals surface area contributed by atoms with Crippen LogP contribution in [0.2, 0.25) is 0 Å². The Kier molecular flexibility index (Phi) is 3.08. The fraction of sp³-hybridized carbons (Fsp3) is 0.143. The number of hydrogen-bond acceptors (Lipinski definition) is 3. The van der Waals surface area contributed by atoms with Crippen LogP contribution in [-0.4, -0.2) is 10.0 Å². The number of halogens is 5. The first-order chi connectivity index (χ1) is 7.16. The molecule has 88 valence electrons. The molecule has 0 saturated carbocycles. The van der Waals surface area contributed by atoms with Crippen LogP contribution in [0.3, 0.4) is 0 Å². The van der Waals surface area contributed by atoms with Crippen molar-refractivity contribution >= 4 is 21.6 Å². The van der Waals surface area contributed by atoms with E-state index in [1.807, 2.05) is 0 Å². The molecular formula is C7H2BrF4NO3. The van der Waals surface area contributed by atoms with Crippen molar-refractivity contribution in [1.29, 1.82) is 0 Å². The lowest BCUT2D eigenvalue weighted by Gasteiger charge is -2.11. The molecule has 1 N–H and O–H groups in total.